The van der Waals surface area contributed by atoms with Gasteiger partial charge >= 0.3 is 23.9 Å². The lowest BCUT2D eigenvalue weighted by Gasteiger charge is -2.38. The number of fused-ring (bicyclic) bond motifs is 1. The maximum absolute atomic E-state index is 13.5. The van der Waals surface area contributed by atoms with E-state index < -0.39 is 57.7 Å². The number of nitrogens with zero attached hydrogens (tertiary/aromatic N) is 3. The zero-order valence-corrected chi connectivity index (χ0v) is 32.4. The second kappa shape index (κ2) is 18.0. The van der Waals surface area contributed by atoms with E-state index >= 15 is 0 Å². The molecule has 1 N–H and O–H groups in total. The summed E-state index contributed by atoms with van der Waals surface area (Å²) in [5.41, 5.74) is 1.24. The summed E-state index contributed by atoms with van der Waals surface area (Å²) in [6, 6.07) is 13.8. The quantitative estimate of drug-likeness (QED) is 0.150. The molecule has 0 spiro atoms. The van der Waals surface area contributed by atoms with Gasteiger partial charge in [-0.05, 0) is 61.6 Å². The number of esters is 1. The Labute approximate surface area is 329 Å². The van der Waals surface area contributed by atoms with Gasteiger partial charge in [-0.2, -0.15) is 0 Å². The summed E-state index contributed by atoms with van der Waals surface area (Å²) in [7, 11) is -3.75. The number of sulfone groups is 1. The molecule has 0 bridgehead atoms. The topological polar surface area (TPSA) is 193 Å². The summed E-state index contributed by atoms with van der Waals surface area (Å²) >= 11 is 0. The Morgan fingerprint density at radius 3 is 2.56 bits per heavy atom. The number of carbonyl (C=O) groups excluding carboxylic acids is 3. The molecule has 2 fully saturated rings. The molecule has 17 heteroatoms. The van der Waals surface area contributed by atoms with Gasteiger partial charge in [-0.15, -0.1) is 6.42 Å². The first-order valence-electron chi connectivity index (χ1n) is 18.5. The largest absolute Gasteiger partial charge is 0.508 e. The summed E-state index contributed by atoms with van der Waals surface area (Å²) in [5, 5.41) is 0. The van der Waals surface area contributed by atoms with Crippen LogP contribution in [0.4, 0.5) is 9.59 Å². The molecule has 4 atom stereocenters. The van der Waals surface area contributed by atoms with Crippen molar-refractivity contribution >= 4 is 34.1 Å². The van der Waals surface area contributed by atoms with E-state index in [-0.39, 0.29) is 54.2 Å². The van der Waals surface area contributed by atoms with Gasteiger partial charge in [0, 0.05) is 62.9 Å². The lowest BCUT2D eigenvalue weighted by molar-refractivity contribution is -0.150. The summed E-state index contributed by atoms with van der Waals surface area (Å²) in [5.74, 6) is 2.00. The van der Waals surface area contributed by atoms with Gasteiger partial charge in [0.05, 0.1) is 9.80 Å². The Morgan fingerprint density at radius 2 is 1.82 bits per heavy atom. The predicted octanol–water partition coefficient (Wildman–Crippen LogP) is 3.52. The van der Waals surface area contributed by atoms with Crippen molar-refractivity contribution in [1.29, 1.82) is 0 Å². The van der Waals surface area contributed by atoms with E-state index in [0.29, 0.717) is 31.6 Å². The minimum atomic E-state index is -3.75. The monoisotopic (exact) mass is 804 g/mol. The fourth-order valence-electron chi connectivity index (χ4n) is 7.11. The number of hydrogen-bond acceptors (Lipinski definition) is 13. The molecule has 4 heterocycles. The van der Waals surface area contributed by atoms with Crippen LogP contribution in [0, 0.1) is 19.3 Å². The van der Waals surface area contributed by atoms with E-state index in [9.17, 15) is 32.4 Å². The van der Waals surface area contributed by atoms with Crippen molar-refractivity contribution in [1.82, 2.24) is 19.4 Å². The number of nitrogens with one attached hydrogen (secondary N) is 1. The number of aromatic amines is 1. The smallest absolute Gasteiger partial charge is 0.459 e. The van der Waals surface area contributed by atoms with E-state index in [1.165, 1.54) is 36.8 Å². The fraction of sp³-hybridized carbons (Fsp3) is 0.425. The first kappa shape index (κ1) is 40.9. The van der Waals surface area contributed by atoms with Crippen molar-refractivity contribution in [2.24, 2.45) is 0 Å². The molecular weight excluding hydrogens is 761 g/mol. The van der Waals surface area contributed by atoms with Crippen molar-refractivity contribution in [3.05, 3.63) is 103 Å². The van der Waals surface area contributed by atoms with Crippen molar-refractivity contribution < 1.29 is 46.5 Å². The molecule has 1 aromatic heterocycles. The van der Waals surface area contributed by atoms with Crippen LogP contribution < -0.4 is 11.2 Å². The number of rotatable bonds is 13. The van der Waals surface area contributed by atoms with E-state index in [2.05, 4.69) is 10.9 Å². The highest BCUT2D eigenvalue weighted by atomic mass is 32.2. The van der Waals surface area contributed by atoms with Crippen LogP contribution in [0.5, 0.6) is 0 Å². The molecule has 0 radical (unpaired) electrons. The minimum absolute atomic E-state index is 0.0206. The van der Waals surface area contributed by atoms with Crippen molar-refractivity contribution in [3.63, 3.8) is 0 Å². The highest BCUT2D eigenvalue weighted by Gasteiger charge is 2.40. The van der Waals surface area contributed by atoms with Gasteiger partial charge in [0.25, 0.3) is 5.56 Å². The fourth-order valence-corrected chi connectivity index (χ4v) is 8.58. The third-order valence-corrected chi connectivity index (χ3v) is 11.9. The van der Waals surface area contributed by atoms with Gasteiger partial charge in [-0.3, -0.25) is 24.0 Å². The molecular formula is C40H44N4O12S. The maximum Gasteiger partial charge on any atom is 0.508 e. The summed E-state index contributed by atoms with van der Waals surface area (Å²) in [6.07, 6.45) is 6.50. The van der Waals surface area contributed by atoms with Gasteiger partial charge < -0.3 is 28.6 Å². The third-order valence-electron chi connectivity index (χ3n) is 10.0. The standard InChI is InChI=1S/C40H44N4O12S/c1-4-28-12-14-29(15-13-28)22-42(23-31-10-7-8-16-43(31)39(48)53-24-32-19-30-9-5-6-11-35(30)57(32,50)51)17-18-52-40(49)54-25-34-33(55-27(3)45)20-36(56-34)44-21-26(2)37(46)41-38(44)47/h1,5-6,9,11-15,19,21,31,33-34,36H,7-8,10,16-18,20,22-25H2,2-3H3,(H,41,46,47)/t31?,33-,34+,36+/m0/s1. The van der Waals surface area contributed by atoms with Crippen LogP contribution in [-0.4, -0.2) is 104 Å². The van der Waals surface area contributed by atoms with Gasteiger partial charge in [-0.25, -0.2) is 22.8 Å². The molecule has 1 amide bonds. The molecule has 3 aliphatic heterocycles. The molecule has 302 valence electrons. The van der Waals surface area contributed by atoms with Crippen molar-refractivity contribution in [3.8, 4) is 12.3 Å². The summed E-state index contributed by atoms with van der Waals surface area (Å²) in [4.78, 5) is 68.5. The number of aromatic nitrogens is 2. The Bertz CT molecular complexity index is 2280. The third kappa shape index (κ3) is 10.0. The zero-order valence-electron chi connectivity index (χ0n) is 31.6. The van der Waals surface area contributed by atoms with Crippen molar-refractivity contribution in [2.75, 3.05) is 39.5 Å². The SMILES string of the molecule is C#Cc1ccc(CN(CCOC(=O)OC[C@H]2O[C@@H](n3cc(C)c(=O)[nH]c3=O)C[C@@H]2OC(C)=O)CC2CCCCN2C(=O)OCC2=Cc3ccccc3S2(=O)=O)cc1. The number of terminal acetylenes is 1. The average Bonchev–Trinajstić information content (AvgIpc) is 3.70. The Balaban J connectivity index is 1.06. The molecule has 3 aromatic rings. The van der Waals surface area contributed by atoms with Crippen LogP contribution >= 0.6 is 0 Å². The van der Waals surface area contributed by atoms with Crippen LogP contribution in [0.15, 0.2) is 74.1 Å². The molecule has 57 heavy (non-hydrogen) atoms. The second-order valence-corrected chi connectivity index (χ2v) is 16.0. The lowest BCUT2D eigenvalue weighted by atomic mass is 10.0. The first-order valence-corrected chi connectivity index (χ1v) is 20.0. The van der Waals surface area contributed by atoms with E-state index in [1.807, 2.05) is 29.2 Å². The molecule has 6 rings (SSSR count). The van der Waals surface area contributed by atoms with Crippen LogP contribution in [-0.2, 0) is 44.9 Å². The molecule has 0 aliphatic carbocycles. The number of carbonyl (C=O) groups is 3. The normalized spacial score (nSPS) is 20.9. The molecule has 16 nitrogen and oxygen atoms in total. The number of benzene rings is 2. The van der Waals surface area contributed by atoms with E-state index in [1.54, 1.807) is 23.1 Å². The van der Waals surface area contributed by atoms with Crippen LogP contribution in [0.25, 0.3) is 6.08 Å². The van der Waals surface area contributed by atoms with Crippen LogP contribution in [0.3, 0.4) is 0 Å². The average molecular weight is 805 g/mol. The summed E-state index contributed by atoms with van der Waals surface area (Å²) in [6.45, 7) is 3.43. The molecule has 2 aromatic carbocycles. The second-order valence-electron chi connectivity index (χ2n) is 14.0. The Kier molecular flexibility index (Phi) is 13.0. The number of ether oxygens (including phenoxy) is 5. The van der Waals surface area contributed by atoms with Crippen molar-refractivity contribution in [2.45, 2.75) is 75.4 Å². The summed E-state index contributed by atoms with van der Waals surface area (Å²) < 4.78 is 54.9. The number of amides is 1. The predicted molar refractivity (Wildman–Crippen MR) is 204 cm³/mol. The lowest BCUT2D eigenvalue weighted by Crippen LogP contribution is -2.50. The first-order chi connectivity index (χ1) is 27.3. The van der Waals surface area contributed by atoms with Gasteiger partial charge in [0.15, 0.2) is 0 Å². The number of aryl methyl sites for hydroxylation is 1. The zero-order chi connectivity index (χ0) is 40.7. The van der Waals surface area contributed by atoms with E-state index in [4.69, 9.17) is 30.1 Å². The Hall–Kier alpha value is -5.70. The molecule has 3 aliphatic rings. The minimum Gasteiger partial charge on any atom is -0.459 e. The van der Waals surface area contributed by atoms with Crippen LogP contribution in [0.1, 0.15) is 61.1 Å². The maximum atomic E-state index is 13.5. The highest BCUT2D eigenvalue weighted by Crippen LogP contribution is 2.33. The number of H-pyrrole nitrogens is 1. The Morgan fingerprint density at radius 1 is 1.05 bits per heavy atom. The van der Waals surface area contributed by atoms with Crippen LogP contribution in [0.2, 0.25) is 0 Å². The van der Waals surface area contributed by atoms with Gasteiger partial charge in [-0.1, -0.05) is 36.3 Å². The molecule has 0 saturated carbocycles. The van der Waals surface area contributed by atoms with Gasteiger partial charge in [0.1, 0.15) is 38.3 Å². The van der Waals surface area contributed by atoms with E-state index in [0.717, 1.165) is 24.0 Å². The van der Waals surface area contributed by atoms with Gasteiger partial charge in [0.2, 0.25) is 9.84 Å². The number of hydrogen-bond donors (Lipinski definition) is 1. The molecule has 1 unspecified atom stereocenters. The highest BCUT2D eigenvalue weighted by molar-refractivity contribution is 7.95. The number of piperidine rings is 1. The number of likely N-dealkylation sites (tertiary alicyclic amines) is 1. The molecule has 2 saturated heterocycles.